The van der Waals surface area contributed by atoms with Crippen LogP contribution in [-0.4, -0.2) is 53.9 Å². The molecule has 23 heavy (non-hydrogen) atoms. The SMILES string of the molecule is Cc1ccc2[nH]c3c(c2c1)CC(C(=O)N1CCN(C)CC1)CC3. The zero-order chi connectivity index (χ0) is 16.0. The summed E-state index contributed by atoms with van der Waals surface area (Å²) < 4.78 is 0. The number of nitrogens with zero attached hydrogens (tertiary/aromatic N) is 2. The van der Waals surface area contributed by atoms with Gasteiger partial charge in [0.15, 0.2) is 0 Å². The van der Waals surface area contributed by atoms with Crippen molar-refractivity contribution in [1.29, 1.82) is 0 Å². The molecule has 1 aromatic heterocycles. The molecule has 1 fully saturated rings. The summed E-state index contributed by atoms with van der Waals surface area (Å²) in [5.74, 6) is 0.524. The van der Waals surface area contributed by atoms with Crippen molar-refractivity contribution < 1.29 is 4.79 Å². The quantitative estimate of drug-likeness (QED) is 0.878. The van der Waals surface area contributed by atoms with Crippen LogP contribution >= 0.6 is 0 Å². The maximum Gasteiger partial charge on any atom is 0.226 e. The molecule has 4 heteroatoms. The maximum atomic E-state index is 12.9. The predicted molar refractivity (Wildman–Crippen MR) is 92.6 cm³/mol. The molecule has 0 spiro atoms. The molecule has 2 heterocycles. The first-order valence-corrected chi connectivity index (χ1v) is 8.69. The van der Waals surface area contributed by atoms with Crippen molar-refractivity contribution in [2.75, 3.05) is 33.2 Å². The van der Waals surface area contributed by atoms with E-state index < -0.39 is 0 Å². The third-order valence-corrected chi connectivity index (χ3v) is 5.51. The fourth-order valence-corrected chi connectivity index (χ4v) is 4.03. The largest absolute Gasteiger partial charge is 0.358 e. The lowest BCUT2D eigenvalue weighted by Gasteiger charge is -2.35. The van der Waals surface area contributed by atoms with Gasteiger partial charge in [-0.1, -0.05) is 11.6 Å². The first kappa shape index (κ1) is 14.8. The van der Waals surface area contributed by atoms with Gasteiger partial charge in [-0.15, -0.1) is 0 Å². The summed E-state index contributed by atoms with van der Waals surface area (Å²) in [6.07, 6.45) is 2.86. The van der Waals surface area contributed by atoms with Crippen LogP contribution < -0.4 is 0 Å². The molecule has 2 aromatic rings. The highest BCUT2D eigenvalue weighted by molar-refractivity contribution is 5.87. The average Bonchev–Trinajstić information content (AvgIpc) is 2.92. The van der Waals surface area contributed by atoms with E-state index in [2.05, 4.69) is 47.0 Å². The Morgan fingerprint density at radius 2 is 2.00 bits per heavy atom. The van der Waals surface area contributed by atoms with Gasteiger partial charge in [0.1, 0.15) is 0 Å². The number of nitrogens with one attached hydrogen (secondary N) is 1. The third kappa shape index (κ3) is 2.65. The van der Waals surface area contributed by atoms with Gasteiger partial charge in [0, 0.05) is 48.7 Å². The number of H-pyrrole nitrogens is 1. The molecule has 1 N–H and O–H groups in total. The predicted octanol–water partition coefficient (Wildman–Crippen LogP) is 2.36. The summed E-state index contributed by atoms with van der Waals surface area (Å²) in [5, 5.41) is 1.32. The molecule has 4 nitrogen and oxygen atoms in total. The van der Waals surface area contributed by atoms with Crippen molar-refractivity contribution in [3.63, 3.8) is 0 Å². The lowest BCUT2D eigenvalue weighted by atomic mass is 9.85. The number of fused-ring (bicyclic) bond motifs is 3. The molecule has 0 saturated carbocycles. The molecule has 0 radical (unpaired) electrons. The molecule has 1 amide bonds. The molecule has 122 valence electrons. The smallest absolute Gasteiger partial charge is 0.226 e. The maximum absolute atomic E-state index is 12.9. The van der Waals surface area contributed by atoms with E-state index in [-0.39, 0.29) is 5.92 Å². The Morgan fingerprint density at radius 3 is 2.78 bits per heavy atom. The fourth-order valence-electron chi connectivity index (χ4n) is 4.03. The van der Waals surface area contributed by atoms with E-state index in [9.17, 15) is 4.79 Å². The van der Waals surface area contributed by atoms with Crippen LogP contribution in [0.4, 0.5) is 0 Å². The van der Waals surface area contributed by atoms with Crippen LogP contribution in [0.15, 0.2) is 18.2 Å². The van der Waals surface area contributed by atoms with E-state index in [1.807, 2.05) is 0 Å². The van der Waals surface area contributed by atoms with Crippen molar-refractivity contribution in [2.24, 2.45) is 5.92 Å². The number of hydrogen-bond donors (Lipinski definition) is 1. The Balaban J connectivity index is 1.57. The van der Waals surface area contributed by atoms with Crippen molar-refractivity contribution >= 4 is 16.8 Å². The van der Waals surface area contributed by atoms with E-state index >= 15 is 0 Å². The Morgan fingerprint density at radius 1 is 1.22 bits per heavy atom. The van der Waals surface area contributed by atoms with Gasteiger partial charge in [-0.25, -0.2) is 0 Å². The van der Waals surface area contributed by atoms with Gasteiger partial charge < -0.3 is 14.8 Å². The second kappa shape index (κ2) is 5.68. The minimum absolute atomic E-state index is 0.158. The van der Waals surface area contributed by atoms with E-state index in [0.717, 1.165) is 45.4 Å². The second-order valence-corrected chi connectivity index (χ2v) is 7.20. The van der Waals surface area contributed by atoms with Gasteiger partial charge in [0.2, 0.25) is 5.91 Å². The molecule has 1 unspecified atom stereocenters. The number of hydrogen-bond acceptors (Lipinski definition) is 2. The summed E-state index contributed by atoms with van der Waals surface area (Å²) in [7, 11) is 2.13. The zero-order valence-electron chi connectivity index (χ0n) is 14.1. The number of amides is 1. The van der Waals surface area contributed by atoms with Gasteiger partial charge in [0.05, 0.1) is 0 Å². The lowest BCUT2D eigenvalue weighted by Crippen LogP contribution is -2.49. The zero-order valence-corrected chi connectivity index (χ0v) is 14.1. The number of likely N-dealkylation sites (N-methyl/N-ethyl adjacent to an activating group) is 1. The number of rotatable bonds is 1. The number of carbonyl (C=O) groups excluding carboxylic acids is 1. The number of aromatic amines is 1. The summed E-state index contributed by atoms with van der Waals surface area (Å²) in [6.45, 7) is 5.89. The van der Waals surface area contributed by atoms with Crippen LogP contribution in [0.5, 0.6) is 0 Å². The van der Waals surface area contributed by atoms with Crippen LogP contribution in [-0.2, 0) is 17.6 Å². The number of aromatic nitrogens is 1. The topological polar surface area (TPSA) is 39.3 Å². The number of benzene rings is 1. The molecule has 1 aliphatic heterocycles. The Labute approximate surface area is 137 Å². The summed E-state index contributed by atoms with van der Waals surface area (Å²) in [5.41, 5.74) is 5.22. The highest BCUT2D eigenvalue weighted by Gasteiger charge is 2.31. The van der Waals surface area contributed by atoms with Crippen molar-refractivity contribution in [3.05, 3.63) is 35.0 Å². The minimum Gasteiger partial charge on any atom is -0.358 e. The molecular weight excluding hydrogens is 286 g/mol. The fraction of sp³-hybridized carbons (Fsp3) is 0.526. The first-order valence-electron chi connectivity index (χ1n) is 8.69. The molecule has 1 aliphatic carbocycles. The Kier molecular flexibility index (Phi) is 3.64. The van der Waals surface area contributed by atoms with Crippen LogP contribution in [0.3, 0.4) is 0 Å². The Hall–Kier alpha value is -1.81. The minimum atomic E-state index is 0.158. The van der Waals surface area contributed by atoms with Gasteiger partial charge in [-0.05, 0) is 50.9 Å². The molecule has 1 atom stereocenters. The van der Waals surface area contributed by atoms with Crippen LogP contribution in [0.2, 0.25) is 0 Å². The lowest BCUT2D eigenvalue weighted by molar-refractivity contribution is -0.137. The molecule has 1 saturated heterocycles. The molecule has 4 rings (SSSR count). The van der Waals surface area contributed by atoms with Crippen LogP contribution in [0.25, 0.3) is 10.9 Å². The molecule has 1 aromatic carbocycles. The third-order valence-electron chi connectivity index (χ3n) is 5.51. The highest BCUT2D eigenvalue weighted by atomic mass is 16.2. The van der Waals surface area contributed by atoms with Gasteiger partial charge in [-0.2, -0.15) is 0 Å². The van der Waals surface area contributed by atoms with Crippen molar-refractivity contribution in [2.45, 2.75) is 26.2 Å². The normalized spacial score (nSPS) is 22.3. The summed E-state index contributed by atoms with van der Waals surface area (Å²) in [6, 6.07) is 6.57. The van der Waals surface area contributed by atoms with E-state index in [1.54, 1.807) is 0 Å². The van der Waals surface area contributed by atoms with Crippen LogP contribution in [0, 0.1) is 12.8 Å². The van der Waals surface area contributed by atoms with Crippen LogP contribution in [0.1, 0.15) is 23.2 Å². The second-order valence-electron chi connectivity index (χ2n) is 7.20. The average molecular weight is 311 g/mol. The Bertz CT molecular complexity index is 740. The summed E-state index contributed by atoms with van der Waals surface area (Å²) in [4.78, 5) is 20.8. The monoisotopic (exact) mass is 311 g/mol. The first-order chi connectivity index (χ1) is 11.1. The number of carbonyl (C=O) groups is 1. The van der Waals surface area contributed by atoms with E-state index in [1.165, 1.54) is 27.7 Å². The van der Waals surface area contributed by atoms with E-state index in [0.29, 0.717) is 5.91 Å². The van der Waals surface area contributed by atoms with Gasteiger partial charge >= 0.3 is 0 Å². The summed E-state index contributed by atoms with van der Waals surface area (Å²) >= 11 is 0. The number of piperazine rings is 1. The highest BCUT2D eigenvalue weighted by Crippen LogP contribution is 2.33. The van der Waals surface area contributed by atoms with Crippen molar-refractivity contribution in [1.82, 2.24) is 14.8 Å². The molecule has 0 bridgehead atoms. The van der Waals surface area contributed by atoms with Gasteiger partial charge in [0.25, 0.3) is 0 Å². The molecule has 2 aliphatic rings. The molecular formula is C19H25N3O. The van der Waals surface area contributed by atoms with Crippen molar-refractivity contribution in [3.8, 4) is 0 Å². The van der Waals surface area contributed by atoms with E-state index in [4.69, 9.17) is 0 Å². The standard InChI is InChI=1S/C19H25N3O/c1-13-3-5-17-15(11-13)16-12-14(4-6-18(16)20-17)19(23)22-9-7-21(2)8-10-22/h3,5,11,14,20H,4,6-10,12H2,1-2H3. The number of aryl methyl sites for hydroxylation is 2. The van der Waals surface area contributed by atoms with Gasteiger partial charge in [-0.3, -0.25) is 4.79 Å².